The van der Waals surface area contributed by atoms with Gasteiger partial charge in [0.05, 0.1) is 17.1 Å². The van der Waals surface area contributed by atoms with E-state index in [4.69, 9.17) is 11.6 Å². The Bertz CT molecular complexity index is 1060. The Morgan fingerprint density at radius 3 is 2.69 bits per heavy atom. The van der Waals surface area contributed by atoms with Gasteiger partial charge in [-0.15, -0.1) is 0 Å². The average Bonchev–Trinajstić information content (AvgIpc) is 3.05. The monoisotopic (exact) mass is 363 g/mol. The molecule has 1 N–H and O–H groups in total. The van der Waals surface area contributed by atoms with E-state index in [1.807, 2.05) is 47.9 Å². The van der Waals surface area contributed by atoms with Crippen LogP contribution in [-0.2, 0) is 0 Å². The van der Waals surface area contributed by atoms with E-state index in [1.54, 1.807) is 12.5 Å². The summed E-state index contributed by atoms with van der Waals surface area (Å²) in [6.45, 7) is 4.07. The lowest BCUT2D eigenvalue weighted by Gasteiger charge is -2.14. The maximum atomic E-state index is 6.20. The molecule has 26 heavy (non-hydrogen) atoms. The van der Waals surface area contributed by atoms with Crippen molar-refractivity contribution in [2.75, 3.05) is 5.32 Å². The minimum Gasteiger partial charge on any atom is -0.348 e. The SMILES string of the molecule is Cc1cc2c(cc1Cl)ncn2-c1ccnc(N[C@@H](C)c2ccccc2)n1. The molecule has 0 saturated carbocycles. The molecule has 0 aliphatic carbocycles. The van der Waals surface area contributed by atoms with Gasteiger partial charge in [-0.05, 0) is 43.2 Å². The van der Waals surface area contributed by atoms with Crippen molar-refractivity contribution in [3.8, 4) is 5.82 Å². The Morgan fingerprint density at radius 2 is 1.88 bits per heavy atom. The normalized spacial score (nSPS) is 12.3. The van der Waals surface area contributed by atoms with Crippen LogP contribution in [0, 0.1) is 6.92 Å². The summed E-state index contributed by atoms with van der Waals surface area (Å²) in [5.41, 5.74) is 3.99. The molecule has 0 unspecified atom stereocenters. The highest BCUT2D eigenvalue weighted by Crippen LogP contribution is 2.25. The van der Waals surface area contributed by atoms with Crippen molar-refractivity contribution in [1.29, 1.82) is 0 Å². The van der Waals surface area contributed by atoms with Gasteiger partial charge >= 0.3 is 0 Å². The molecule has 2 heterocycles. The predicted molar refractivity (Wildman–Crippen MR) is 105 cm³/mol. The number of imidazole rings is 1. The van der Waals surface area contributed by atoms with E-state index in [9.17, 15) is 0 Å². The minimum atomic E-state index is 0.104. The molecule has 5 nitrogen and oxygen atoms in total. The fourth-order valence-electron chi connectivity index (χ4n) is 2.89. The first-order valence-electron chi connectivity index (χ1n) is 8.40. The van der Waals surface area contributed by atoms with E-state index < -0.39 is 0 Å². The number of hydrogen-bond donors (Lipinski definition) is 1. The number of nitrogens with one attached hydrogen (secondary N) is 1. The van der Waals surface area contributed by atoms with E-state index in [1.165, 1.54) is 5.56 Å². The van der Waals surface area contributed by atoms with Gasteiger partial charge < -0.3 is 5.32 Å². The number of hydrogen-bond acceptors (Lipinski definition) is 4. The number of fused-ring (bicyclic) bond motifs is 1. The quantitative estimate of drug-likeness (QED) is 0.557. The summed E-state index contributed by atoms with van der Waals surface area (Å²) >= 11 is 6.20. The van der Waals surface area contributed by atoms with Gasteiger partial charge in [-0.1, -0.05) is 41.9 Å². The molecule has 0 fully saturated rings. The van der Waals surface area contributed by atoms with Crippen LogP contribution in [0.2, 0.25) is 5.02 Å². The van der Waals surface area contributed by atoms with E-state index in [-0.39, 0.29) is 6.04 Å². The number of halogens is 1. The fraction of sp³-hybridized carbons (Fsp3) is 0.150. The highest BCUT2D eigenvalue weighted by molar-refractivity contribution is 6.32. The molecule has 0 aliphatic rings. The summed E-state index contributed by atoms with van der Waals surface area (Å²) < 4.78 is 1.94. The summed E-state index contributed by atoms with van der Waals surface area (Å²) in [6.07, 6.45) is 3.50. The van der Waals surface area contributed by atoms with Crippen molar-refractivity contribution in [2.24, 2.45) is 0 Å². The Balaban J connectivity index is 1.67. The zero-order chi connectivity index (χ0) is 18.1. The lowest BCUT2D eigenvalue weighted by molar-refractivity contribution is 0.854. The maximum Gasteiger partial charge on any atom is 0.225 e. The molecule has 0 bridgehead atoms. The van der Waals surface area contributed by atoms with Crippen LogP contribution in [0.15, 0.2) is 61.1 Å². The number of aromatic nitrogens is 4. The van der Waals surface area contributed by atoms with Crippen LogP contribution >= 0.6 is 11.6 Å². The van der Waals surface area contributed by atoms with Crippen LogP contribution in [0.4, 0.5) is 5.95 Å². The average molecular weight is 364 g/mol. The zero-order valence-corrected chi connectivity index (χ0v) is 15.3. The number of nitrogens with zero attached hydrogens (tertiary/aromatic N) is 4. The molecule has 4 rings (SSSR count). The van der Waals surface area contributed by atoms with Crippen molar-refractivity contribution in [2.45, 2.75) is 19.9 Å². The Labute approximate surface area is 156 Å². The third-order valence-electron chi connectivity index (χ3n) is 4.36. The molecule has 1 atom stereocenters. The highest BCUT2D eigenvalue weighted by Gasteiger charge is 2.11. The van der Waals surface area contributed by atoms with Gasteiger partial charge in [-0.2, -0.15) is 4.98 Å². The van der Waals surface area contributed by atoms with Crippen molar-refractivity contribution >= 4 is 28.6 Å². The maximum absolute atomic E-state index is 6.20. The summed E-state index contributed by atoms with van der Waals surface area (Å²) in [4.78, 5) is 13.4. The fourth-order valence-corrected chi connectivity index (χ4v) is 3.05. The molecule has 0 radical (unpaired) electrons. The van der Waals surface area contributed by atoms with E-state index >= 15 is 0 Å². The number of benzene rings is 2. The molecular formula is C20H18ClN5. The molecule has 0 spiro atoms. The van der Waals surface area contributed by atoms with Gasteiger partial charge in [0.2, 0.25) is 5.95 Å². The molecule has 0 amide bonds. The van der Waals surface area contributed by atoms with Gasteiger partial charge in [0.1, 0.15) is 12.1 Å². The second-order valence-corrected chi connectivity index (χ2v) is 6.63. The molecule has 4 aromatic rings. The van der Waals surface area contributed by atoms with Gasteiger partial charge in [-0.3, -0.25) is 4.57 Å². The third kappa shape index (κ3) is 3.13. The van der Waals surface area contributed by atoms with E-state index in [0.717, 1.165) is 22.4 Å². The Morgan fingerprint density at radius 1 is 1.08 bits per heavy atom. The van der Waals surface area contributed by atoms with Gasteiger partial charge in [0.25, 0.3) is 0 Å². The minimum absolute atomic E-state index is 0.104. The van der Waals surface area contributed by atoms with Gasteiger partial charge in [0, 0.05) is 11.2 Å². The topological polar surface area (TPSA) is 55.6 Å². The van der Waals surface area contributed by atoms with Gasteiger partial charge in [0.15, 0.2) is 0 Å². The summed E-state index contributed by atoms with van der Waals surface area (Å²) in [7, 11) is 0. The smallest absolute Gasteiger partial charge is 0.225 e. The summed E-state index contributed by atoms with van der Waals surface area (Å²) in [5.74, 6) is 1.33. The number of rotatable bonds is 4. The molecule has 0 saturated heterocycles. The van der Waals surface area contributed by atoms with Crippen LogP contribution in [0.1, 0.15) is 24.1 Å². The summed E-state index contributed by atoms with van der Waals surface area (Å²) in [5, 5.41) is 4.06. The largest absolute Gasteiger partial charge is 0.348 e. The lowest BCUT2D eigenvalue weighted by Crippen LogP contribution is -2.10. The van der Waals surface area contributed by atoms with Crippen LogP contribution in [-0.4, -0.2) is 19.5 Å². The van der Waals surface area contributed by atoms with Crippen molar-refractivity contribution in [3.63, 3.8) is 0 Å². The first-order valence-corrected chi connectivity index (χ1v) is 8.78. The predicted octanol–water partition coefficient (Wildman–Crippen LogP) is 4.95. The third-order valence-corrected chi connectivity index (χ3v) is 4.77. The van der Waals surface area contributed by atoms with E-state index in [2.05, 4.69) is 39.3 Å². The first kappa shape index (κ1) is 16.5. The number of aryl methyl sites for hydroxylation is 1. The van der Waals surface area contributed by atoms with Crippen molar-refractivity contribution in [1.82, 2.24) is 19.5 Å². The van der Waals surface area contributed by atoms with Crippen LogP contribution < -0.4 is 5.32 Å². The second kappa shape index (κ2) is 6.77. The number of anilines is 1. The Kier molecular flexibility index (Phi) is 4.31. The Hall–Kier alpha value is -2.92. The van der Waals surface area contributed by atoms with Crippen LogP contribution in [0.5, 0.6) is 0 Å². The zero-order valence-electron chi connectivity index (χ0n) is 14.5. The van der Waals surface area contributed by atoms with Crippen molar-refractivity contribution < 1.29 is 0 Å². The molecule has 130 valence electrons. The lowest BCUT2D eigenvalue weighted by atomic mass is 10.1. The van der Waals surface area contributed by atoms with Crippen LogP contribution in [0.25, 0.3) is 16.9 Å². The molecule has 0 aliphatic heterocycles. The first-order chi connectivity index (χ1) is 12.6. The highest BCUT2D eigenvalue weighted by atomic mass is 35.5. The molecule has 2 aromatic heterocycles. The van der Waals surface area contributed by atoms with Crippen LogP contribution in [0.3, 0.4) is 0 Å². The molecule has 2 aromatic carbocycles. The van der Waals surface area contributed by atoms with E-state index in [0.29, 0.717) is 11.0 Å². The molecule has 6 heteroatoms. The van der Waals surface area contributed by atoms with Gasteiger partial charge in [-0.25, -0.2) is 9.97 Å². The summed E-state index contributed by atoms with van der Waals surface area (Å²) in [6, 6.07) is 16.1. The standard InChI is InChI=1S/C20H18ClN5/c1-13-10-18-17(11-16(13)21)23-12-26(18)19-8-9-22-20(25-19)24-14(2)15-6-4-3-5-7-15/h3-12,14H,1-2H3,(H,22,24,25)/t14-/m0/s1. The van der Waals surface area contributed by atoms with Crippen molar-refractivity contribution in [3.05, 3.63) is 77.2 Å². The second-order valence-electron chi connectivity index (χ2n) is 6.22. The molecular weight excluding hydrogens is 346 g/mol.